The van der Waals surface area contributed by atoms with Crippen LogP contribution in [0.1, 0.15) is 56.1 Å². The first-order valence-corrected chi connectivity index (χ1v) is 8.63. The summed E-state index contributed by atoms with van der Waals surface area (Å²) in [7, 11) is 0. The Labute approximate surface area is 134 Å². The topological polar surface area (TPSA) is 49.3 Å². The molecular formula is C19H29NO2. The lowest BCUT2D eigenvalue weighted by molar-refractivity contribution is -0.122. The fourth-order valence-corrected chi connectivity index (χ4v) is 3.16. The van der Waals surface area contributed by atoms with Crippen molar-refractivity contribution in [3.8, 4) is 0 Å². The van der Waals surface area contributed by atoms with E-state index in [4.69, 9.17) is 5.11 Å². The van der Waals surface area contributed by atoms with Gasteiger partial charge in [0.05, 0.1) is 0 Å². The van der Waals surface area contributed by atoms with Crippen LogP contribution in [0.15, 0.2) is 24.3 Å². The van der Waals surface area contributed by atoms with Crippen molar-refractivity contribution in [3.63, 3.8) is 0 Å². The first kappa shape index (κ1) is 17.0. The molecule has 1 saturated carbocycles. The van der Waals surface area contributed by atoms with E-state index in [1.54, 1.807) is 0 Å². The number of hydrogen-bond donors (Lipinski definition) is 2. The van der Waals surface area contributed by atoms with Gasteiger partial charge in [0.1, 0.15) is 0 Å². The number of aliphatic hydroxyl groups is 1. The summed E-state index contributed by atoms with van der Waals surface area (Å²) in [5, 5.41) is 12.3. The average molecular weight is 303 g/mol. The number of hydrogen-bond acceptors (Lipinski definition) is 2. The van der Waals surface area contributed by atoms with Crippen molar-refractivity contribution in [2.24, 2.45) is 5.92 Å². The predicted molar refractivity (Wildman–Crippen MR) is 89.7 cm³/mol. The zero-order valence-corrected chi connectivity index (χ0v) is 13.7. The molecule has 0 saturated heterocycles. The minimum Gasteiger partial charge on any atom is -0.396 e. The Morgan fingerprint density at radius 2 is 1.82 bits per heavy atom. The number of carbonyl (C=O) groups excluding carboxylic acids is 1. The van der Waals surface area contributed by atoms with E-state index in [9.17, 15) is 4.79 Å². The molecule has 3 nitrogen and oxygen atoms in total. The molecule has 0 spiro atoms. The number of unbranched alkanes of at least 4 members (excludes halogenated alkanes) is 1. The minimum atomic E-state index is 0.191. The Morgan fingerprint density at radius 3 is 2.45 bits per heavy atom. The van der Waals surface area contributed by atoms with E-state index in [1.165, 1.54) is 11.1 Å². The third kappa shape index (κ3) is 5.80. The van der Waals surface area contributed by atoms with Crippen LogP contribution in [-0.2, 0) is 11.2 Å². The Morgan fingerprint density at radius 1 is 1.14 bits per heavy atom. The first-order valence-electron chi connectivity index (χ1n) is 8.63. The largest absolute Gasteiger partial charge is 0.396 e. The molecule has 0 aromatic heterocycles. The van der Waals surface area contributed by atoms with Gasteiger partial charge in [0.2, 0.25) is 5.91 Å². The number of rotatable bonds is 7. The lowest BCUT2D eigenvalue weighted by Crippen LogP contribution is -2.37. The van der Waals surface area contributed by atoms with Gasteiger partial charge in [-0.15, -0.1) is 0 Å². The van der Waals surface area contributed by atoms with E-state index in [0.29, 0.717) is 25.0 Å². The summed E-state index contributed by atoms with van der Waals surface area (Å²) in [5.74, 6) is 0.638. The number of carbonyl (C=O) groups is 1. The Balaban J connectivity index is 1.57. The molecule has 1 aromatic carbocycles. The number of nitrogens with one attached hydrogen (secondary N) is 1. The van der Waals surface area contributed by atoms with E-state index >= 15 is 0 Å². The molecule has 1 aliphatic rings. The molecule has 1 aromatic rings. The second-order valence-corrected chi connectivity index (χ2v) is 6.66. The SMILES string of the molecule is Cc1ccc(CCCCC(=O)NC2CCC(CO)CC2)cc1. The number of amides is 1. The third-order valence-corrected chi connectivity index (χ3v) is 4.71. The summed E-state index contributed by atoms with van der Waals surface area (Å²) in [5.41, 5.74) is 2.65. The van der Waals surface area contributed by atoms with Gasteiger partial charge >= 0.3 is 0 Å². The van der Waals surface area contributed by atoms with Crippen LogP contribution in [0.25, 0.3) is 0 Å². The molecule has 0 aliphatic heterocycles. The molecule has 1 amide bonds. The second kappa shape index (κ2) is 8.94. The molecule has 2 N–H and O–H groups in total. The van der Waals surface area contributed by atoms with Crippen LogP contribution >= 0.6 is 0 Å². The monoisotopic (exact) mass is 303 g/mol. The van der Waals surface area contributed by atoms with E-state index < -0.39 is 0 Å². The van der Waals surface area contributed by atoms with Gasteiger partial charge in [0.25, 0.3) is 0 Å². The van der Waals surface area contributed by atoms with Crippen molar-refractivity contribution >= 4 is 5.91 Å². The molecule has 0 bridgehead atoms. The first-order chi connectivity index (χ1) is 10.7. The summed E-state index contributed by atoms with van der Waals surface area (Å²) in [6, 6.07) is 8.96. The van der Waals surface area contributed by atoms with Crippen molar-refractivity contribution in [3.05, 3.63) is 35.4 Å². The zero-order valence-electron chi connectivity index (χ0n) is 13.7. The van der Waals surface area contributed by atoms with E-state index in [-0.39, 0.29) is 5.91 Å². The molecule has 3 heteroatoms. The standard InChI is InChI=1S/C19H29NO2/c1-15-6-8-16(9-7-15)4-2-3-5-19(22)20-18-12-10-17(14-21)11-13-18/h6-9,17-18,21H,2-5,10-14H2,1H3,(H,20,22). The lowest BCUT2D eigenvalue weighted by atomic mass is 9.86. The smallest absolute Gasteiger partial charge is 0.220 e. The quantitative estimate of drug-likeness (QED) is 0.759. The summed E-state index contributed by atoms with van der Waals surface area (Å²) < 4.78 is 0. The van der Waals surface area contributed by atoms with Crippen molar-refractivity contribution in [2.75, 3.05) is 6.61 Å². The van der Waals surface area contributed by atoms with Crippen molar-refractivity contribution in [1.82, 2.24) is 5.32 Å². The van der Waals surface area contributed by atoms with Crippen LogP contribution in [0, 0.1) is 12.8 Å². The molecule has 0 heterocycles. The molecule has 0 unspecified atom stereocenters. The van der Waals surface area contributed by atoms with Crippen molar-refractivity contribution in [2.45, 2.75) is 64.3 Å². The molecule has 1 aliphatic carbocycles. The molecule has 122 valence electrons. The predicted octanol–water partition coefficient (Wildman–Crippen LogP) is 3.38. The summed E-state index contributed by atoms with van der Waals surface area (Å²) >= 11 is 0. The highest BCUT2D eigenvalue weighted by Crippen LogP contribution is 2.23. The van der Waals surface area contributed by atoms with Crippen LogP contribution in [0.5, 0.6) is 0 Å². The van der Waals surface area contributed by atoms with Crippen LogP contribution < -0.4 is 5.32 Å². The molecule has 0 atom stereocenters. The van der Waals surface area contributed by atoms with Crippen LogP contribution in [-0.4, -0.2) is 23.7 Å². The van der Waals surface area contributed by atoms with Gasteiger partial charge in [-0.05, 0) is 63.4 Å². The fraction of sp³-hybridized carbons (Fsp3) is 0.632. The number of aliphatic hydroxyl groups excluding tert-OH is 1. The fourth-order valence-electron chi connectivity index (χ4n) is 3.16. The maximum absolute atomic E-state index is 12.0. The van der Waals surface area contributed by atoms with Gasteiger partial charge in [0.15, 0.2) is 0 Å². The lowest BCUT2D eigenvalue weighted by Gasteiger charge is -2.27. The van der Waals surface area contributed by atoms with Gasteiger partial charge < -0.3 is 10.4 Å². The number of aryl methyl sites for hydroxylation is 2. The highest BCUT2D eigenvalue weighted by Gasteiger charge is 2.21. The summed E-state index contributed by atoms with van der Waals surface area (Å²) in [4.78, 5) is 12.0. The molecule has 22 heavy (non-hydrogen) atoms. The summed E-state index contributed by atoms with van der Waals surface area (Å²) in [6.07, 6.45) is 7.80. The summed E-state index contributed by atoms with van der Waals surface area (Å²) in [6.45, 7) is 2.39. The molecular weight excluding hydrogens is 274 g/mol. The normalized spacial score (nSPS) is 21.5. The Bertz CT molecular complexity index is 447. The zero-order chi connectivity index (χ0) is 15.8. The Kier molecular flexibility index (Phi) is 6.91. The average Bonchev–Trinajstić information content (AvgIpc) is 2.54. The highest BCUT2D eigenvalue weighted by molar-refractivity contribution is 5.76. The van der Waals surface area contributed by atoms with Gasteiger partial charge in [-0.25, -0.2) is 0 Å². The third-order valence-electron chi connectivity index (χ3n) is 4.71. The van der Waals surface area contributed by atoms with Gasteiger partial charge in [-0.3, -0.25) is 4.79 Å². The number of benzene rings is 1. The molecule has 0 radical (unpaired) electrons. The van der Waals surface area contributed by atoms with Gasteiger partial charge in [-0.1, -0.05) is 29.8 Å². The highest BCUT2D eigenvalue weighted by atomic mass is 16.3. The van der Waals surface area contributed by atoms with Crippen molar-refractivity contribution < 1.29 is 9.90 Å². The van der Waals surface area contributed by atoms with Crippen LogP contribution in [0.2, 0.25) is 0 Å². The molecule has 2 rings (SSSR count). The van der Waals surface area contributed by atoms with Crippen molar-refractivity contribution in [1.29, 1.82) is 0 Å². The second-order valence-electron chi connectivity index (χ2n) is 6.66. The van der Waals surface area contributed by atoms with E-state index in [0.717, 1.165) is 44.9 Å². The van der Waals surface area contributed by atoms with E-state index in [2.05, 4.69) is 36.5 Å². The van der Waals surface area contributed by atoms with Gasteiger partial charge in [-0.2, -0.15) is 0 Å². The Hall–Kier alpha value is -1.35. The maximum Gasteiger partial charge on any atom is 0.220 e. The maximum atomic E-state index is 12.0. The molecule has 1 fully saturated rings. The van der Waals surface area contributed by atoms with Gasteiger partial charge in [0, 0.05) is 19.1 Å². The van der Waals surface area contributed by atoms with Crippen LogP contribution in [0.3, 0.4) is 0 Å². The van der Waals surface area contributed by atoms with E-state index in [1.807, 2.05) is 0 Å². The van der Waals surface area contributed by atoms with Crippen LogP contribution in [0.4, 0.5) is 0 Å². The minimum absolute atomic E-state index is 0.191.